The molecular formula is C21H29N2O3S+. The monoisotopic (exact) mass is 389 g/mol. The number of carbonyl (C=O) groups is 1. The third kappa shape index (κ3) is 5.91. The molecule has 1 amide bonds. The van der Waals surface area contributed by atoms with Crippen LogP contribution in [-0.4, -0.2) is 33.7 Å². The molecule has 0 bridgehead atoms. The lowest BCUT2D eigenvalue weighted by atomic mass is 10.1. The van der Waals surface area contributed by atoms with Gasteiger partial charge in [0.25, 0.3) is 5.91 Å². The predicted molar refractivity (Wildman–Crippen MR) is 108 cm³/mol. The van der Waals surface area contributed by atoms with Crippen LogP contribution in [0.3, 0.4) is 0 Å². The summed E-state index contributed by atoms with van der Waals surface area (Å²) in [7, 11) is -3.34. The summed E-state index contributed by atoms with van der Waals surface area (Å²) in [5.41, 5.74) is 3.43. The minimum Gasteiger partial charge on any atom is -0.348 e. The van der Waals surface area contributed by atoms with Crippen LogP contribution in [-0.2, 0) is 22.9 Å². The highest BCUT2D eigenvalue weighted by Crippen LogP contribution is 2.16. The molecule has 0 atom stereocenters. The summed E-state index contributed by atoms with van der Waals surface area (Å²) in [5.74, 6) is -0.269. The third-order valence-electron chi connectivity index (χ3n) is 4.81. The summed E-state index contributed by atoms with van der Waals surface area (Å²) in [6, 6.07) is 12.9. The molecule has 146 valence electrons. The van der Waals surface area contributed by atoms with Gasteiger partial charge in [-0.05, 0) is 44.0 Å². The zero-order valence-electron chi connectivity index (χ0n) is 16.5. The van der Waals surface area contributed by atoms with Crippen LogP contribution in [0.25, 0.3) is 0 Å². The third-order valence-corrected chi connectivity index (χ3v) is 5.92. The van der Waals surface area contributed by atoms with Gasteiger partial charge in [-0.3, -0.25) is 4.79 Å². The number of hydrogen-bond donors (Lipinski definition) is 2. The second kappa shape index (κ2) is 9.15. The largest absolute Gasteiger partial charge is 0.348 e. The van der Waals surface area contributed by atoms with Crippen LogP contribution in [0.4, 0.5) is 0 Å². The maximum Gasteiger partial charge on any atom is 0.251 e. The van der Waals surface area contributed by atoms with E-state index in [1.807, 2.05) is 12.1 Å². The van der Waals surface area contributed by atoms with Crippen LogP contribution in [0.15, 0.2) is 47.4 Å². The Labute approximate surface area is 162 Å². The van der Waals surface area contributed by atoms with Crippen molar-refractivity contribution in [1.29, 1.82) is 0 Å². The molecule has 0 radical (unpaired) electrons. The highest BCUT2D eigenvalue weighted by molar-refractivity contribution is 7.90. The van der Waals surface area contributed by atoms with Crippen molar-refractivity contribution >= 4 is 15.7 Å². The van der Waals surface area contributed by atoms with E-state index in [0.717, 1.165) is 37.0 Å². The van der Waals surface area contributed by atoms with Crippen LogP contribution in [0.1, 0.15) is 40.9 Å². The molecular weight excluding hydrogens is 360 g/mol. The van der Waals surface area contributed by atoms with E-state index in [4.69, 9.17) is 0 Å². The first-order valence-electron chi connectivity index (χ1n) is 9.24. The second-order valence-electron chi connectivity index (χ2n) is 6.88. The second-order valence-corrected chi connectivity index (χ2v) is 8.90. The lowest BCUT2D eigenvalue weighted by molar-refractivity contribution is -0.910. The zero-order valence-corrected chi connectivity index (χ0v) is 17.3. The Kier molecular flexibility index (Phi) is 7.16. The van der Waals surface area contributed by atoms with Gasteiger partial charge in [-0.1, -0.05) is 30.3 Å². The van der Waals surface area contributed by atoms with Crippen molar-refractivity contribution < 1.29 is 18.1 Å². The number of hydrogen-bond acceptors (Lipinski definition) is 3. The fraction of sp³-hybridized carbons (Fsp3) is 0.381. The molecule has 0 spiro atoms. The van der Waals surface area contributed by atoms with E-state index < -0.39 is 9.84 Å². The number of sulfone groups is 1. The molecule has 0 saturated heterocycles. The van der Waals surface area contributed by atoms with Gasteiger partial charge < -0.3 is 10.2 Å². The molecule has 2 aromatic carbocycles. The van der Waals surface area contributed by atoms with Gasteiger partial charge in [0.2, 0.25) is 0 Å². The van der Waals surface area contributed by atoms with E-state index in [-0.39, 0.29) is 10.8 Å². The molecule has 0 aliphatic heterocycles. The number of aryl methyl sites for hydroxylation is 1. The minimum absolute atomic E-state index is 0.154. The molecule has 5 nitrogen and oxygen atoms in total. The summed E-state index contributed by atoms with van der Waals surface area (Å²) in [5, 5.41) is 2.88. The Balaban J connectivity index is 2.03. The van der Waals surface area contributed by atoms with Crippen LogP contribution in [0, 0.1) is 6.92 Å². The molecule has 0 aliphatic rings. The van der Waals surface area contributed by atoms with Gasteiger partial charge in [0.15, 0.2) is 9.84 Å². The van der Waals surface area contributed by atoms with Gasteiger partial charge in [0.05, 0.1) is 18.0 Å². The Bertz CT molecular complexity index is 886. The average Bonchev–Trinajstić information content (AvgIpc) is 2.64. The highest BCUT2D eigenvalue weighted by Gasteiger charge is 2.14. The summed E-state index contributed by atoms with van der Waals surface area (Å²) in [4.78, 5) is 14.2. The van der Waals surface area contributed by atoms with Crippen molar-refractivity contribution in [2.24, 2.45) is 0 Å². The summed E-state index contributed by atoms with van der Waals surface area (Å²) in [6.07, 6.45) is 1.14. The van der Waals surface area contributed by atoms with Crippen LogP contribution in [0.2, 0.25) is 0 Å². The summed E-state index contributed by atoms with van der Waals surface area (Å²) in [6.45, 7) is 9.76. The van der Waals surface area contributed by atoms with Gasteiger partial charge in [-0.15, -0.1) is 0 Å². The first-order valence-corrected chi connectivity index (χ1v) is 11.1. The number of quaternary nitrogens is 1. The van der Waals surface area contributed by atoms with Gasteiger partial charge in [0, 0.05) is 23.9 Å². The Morgan fingerprint density at radius 1 is 1.00 bits per heavy atom. The molecule has 0 saturated carbocycles. The van der Waals surface area contributed by atoms with Gasteiger partial charge in [0.1, 0.15) is 6.54 Å². The maximum atomic E-state index is 12.5. The number of carbonyl (C=O) groups excluding carboxylic acids is 1. The normalized spacial score (nSPS) is 11.6. The maximum absolute atomic E-state index is 12.5. The molecule has 0 fully saturated rings. The van der Waals surface area contributed by atoms with Gasteiger partial charge >= 0.3 is 0 Å². The molecule has 27 heavy (non-hydrogen) atoms. The lowest BCUT2D eigenvalue weighted by Crippen LogP contribution is -3.10. The number of benzene rings is 2. The first-order chi connectivity index (χ1) is 12.7. The average molecular weight is 390 g/mol. The topological polar surface area (TPSA) is 67.7 Å². The SMILES string of the molecule is CC[NH+](CC)Cc1ccc(CNC(=O)c2cc(S(C)(=O)=O)ccc2C)cc1. The van der Waals surface area contributed by atoms with E-state index in [0.29, 0.717) is 12.1 Å². The Morgan fingerprint density at radius 3 is 2.15 bits per heavy atom. The number of amides is 1. The lowest BCUT2D eigenvalue weighted by Gasteiger charge is -2.15. The fourth-order valence-corrected chi connectivity index (χ4v) is 3.56. The summed E-state index contributed by atoms with van der Waals surface area (Å²) < 4.78 is 23.4. The van der Waals surface area contributed by atoms with Crippen LogP contribution < -0.4 is 10.2 Å². The van der Waals surface area contributed by atoms with Gasteiger partial charge in [-0.2, -0.15) is 0 Å². The van der Waals surface area contributed by atoms with Crippen LogP contribution in [0.5, 0.6) is 0 Å². The summed E-state index contributed by atoms with van der Waals surface area (Å²) >= 11 is 0. The van der Waals surface area contributed by atoms with Crippen molar-refractivity contribution in [2.45, 2.75) is 38.8 Å². The van der Waals surface area contributed by atoms with E-state index >= 15 is 0 Å². The van der Waals surface area contributed by atoms with Crippen molar-refractivity contribution in [1.82, 2.24) is 5.32 Å². The molecule has 0 heterocycles. The molecule has 2 N–H and O–H groups in total. The smallest absolute Gasteiger partial charge is 0.251 e. The van der Waals surface area contributed by atoms with E-state index in [1.54, 1.807) is 13.0 Å². The molecule has 0 aromatic heterocycles. The van der Waals surface area contributed by atoms with Crippen molar-refractivity contribution in [3.8, 4) is 0 Å². The molecule has 2 aromatic rings. The van der Waals surface area contributed by atoms with Crippen molar-refractivity contribution in [3.05, 3.63) is 64.7 Å². The van der Waals surface area contributed by atoms with Gasteiger partial charge in [-0.25, -0.2) is 8.42 Å². The standard InChI is InChI=1S/C21H28N2O3S/c1-5-23(6-2)15-18-10-8-17(9-11-18)14-22-21(24)20-13-19(27(4,25)26)12-7-16(20)3/h7-13H,5-6,14-15H2,1-4H3,(H,22,24)/p+1. The zero-order chi connectivity index (χ0) is 20.0. The predicted octanol–water partition coefficient (Wildman–Crippen LogP) is 1.75. The van der Waals surface area contributed by atoms with E-state index in [1.165, 1.54) is 22.6 Å². The molecule has 6 heteroatoms. The van der Waals surface area contributed by atoms with Crippen LogP contribution >= 0.6 is 0 Å². The number of nitrogens with one attached hydrogen (secondary N) is 2. The Hall–Kier alpha value is -2.18. The minimum atomic E-state index is -3.34. The van der Waals surface area contributed by atoms with Crippen molar-refractivity contribution in [2.75, 3.05) is 19.3 Å². The highest BCUT2D eigenvalue weighted by atomic mass is 32.2. The Morgan fingerprint density at radius 2 is 1.59 bits per heavy atom. The van der Waals surface area contributed by atoms with E-state index in [9.17, 15) is 13.2 Å². The quantitative estimate of drug-likeness (QED) is 0.723. The fourth-order valence-electron chi connectivity index (χ4n) is 2.92. The molecule has 0 aliphatic carbocycles. The first kappa shape index (κ1) is 21.1. The van der Waals surface area contributed by atoms with Crippen molar-refractivity contribution in [3.63, 3.8) is 0 Å². The molecule has 2 rings (SSSR count). The van der Waals surface area contributed by atoms with E-state index in [2.05, 4.69) is 31.3 Å². The number of rotatable bonds is 8. The molecule has 0 unspecified atom stereocenters.